The van der Waals surface area contributed by atoms with Crippen molar-refractivity contribution in [2.24, 2.45) is 17.3 Å². The molecule has 2 saturated heterocycles. The second-order valence-electron chi connectivity index (χ2n) is 9.51. The first-order chi connectivity index (χ1) is 15.3. The number of likely N-dealkylation sites (tertiary alicyclic amines) is 1. The number of carbonyl (C=O) groups is 3. The number of hydroxylamine groups is 1. The van der Waals surface area contributed by atoms with Gasteiger partial charge in [0, 0.05) is 50.4 Å². The van der Waals surface area contributed by atoms with Crippen molar-refractivity contribution in [3.05, 3.63) is 30.3 Å². The highest BCUT2D eigenvalue weighted by molar-refractivity contribution is 5.87. The molecule has 1 aliphatic carbocycles. The normalized spacial score (nSPS) is 30.4. The fraction of sp³-hybridized carbons (Fsp3) is 0.609. The van der Waals surface area contributed by atoms with Gasteiger partial charge in [0.05, 0.1) is 5.92 Å². The van der Waals surface area contributed by atoms with E-state index in [2.05, 4.69) is 17.0 Å². The van der Waals surface area contributed by atoms with Gasteiger partial charge in [-0.25, -0.2) is 10.3 Å². The number of carboxylic acid groups (broad SMARTS) is 1. The number of hydrogen-bond donors (Lipinski definition) is 3. The molecule has 0 bridgehead atoms. The number of para-hydroxylation sites is 1. The van der Waals surface area contributed by atoms with E-state index in [1.54, 1.807) is 5.48 Å². The number of benzene rings is 1. The second kappa shape index (κ2) is 8.97. The van der Waals surface area contributed by atoms with Crippen LogP contribution in [0.2, 0.25) is 0 Å². The van der Waals surface area contributed by atoms with Gasteiger partial charge in [-0.3, -0.25) is 14.8 Å². The minimum Gasteiger partial charge on any atom is -0.465 e. The Hall–Kier alpha value is -2.81. The monoisotopic (exact) mass is 444 g/mol. The topological polar surface area (TPSA) is 113 Å². The quantitative estimate of drug-likeness (QED) is 0.484. The number of amides is 3. The first kappa shape index (κ1) is 22.4. The van der Waals surface area contributed by atoms with E-state index in [-0.39, 0.29) is 11.9 Å². The average Bonchev–Trinajstić information content (AvgIpc) is 2.77. The molecule has 4 rings (SSSR count). The Balaban J connectivity index is 1.43. The lowest BCUT2D eigenvalue weighted by Crippen LogP contribution is -2.61. The van der Waals surface area contributed by atoms with Crippen LogP contribution in [0.4, 0.5) is 10.5 Å². The molecule has 1 aromatic rings. The summed E-state index contributed by atoms with van der Waals surface area (Å²) in [5, 5.41) is 18.8. The summed E-state index contributed by atoms with van der Waals surface area (Å²) in [5.74, 6) is -1.78. The van der Waals surface area contributed by atoms with Crippen molar-refractivity contribution in [1.29, 1.82) is 0 Å². The molecule has 2 heterocycles. The maximum Gasteiger partial charge on any atom is 0.407 e. The molecule has 1 unspecified atom stereocenters. The summed E-state index contributed by atoms with van der Waals surface area (Å²) in [6.07, 6.45) is 1.39. The van der Waals surface area contributed by atoms with E-state index in [1.165, 1.54) is 4.90 Å². The summed E-state index contributed by atoms with van der Waals surface area (Å²) in [7, 11) is 0. The number of rotatable bonds is 4. The van der Waals surface area contributed by atoms with E-state index in [9.17, 15) is 24.7 Å². The van der Waals surface area contributed by atoms with Gasteiger partial charge in [-0.05, 0) is 43.2 Å². The zero-order valence-corrected chi connectivity index (χ0v) is 18.4. The number of nitrogens with zero attached hydrogens (tertiary/aromatic N) is 3. The summed E-state index contributed by atoms with van der Waals surface area (Å²) >= 11 is 0. The fourth-order valence-electron chi connectivity index (χ4n) is 5.79. The number of carbonyl (C=O) groups excluding carboxylic acids is 2. The van der Waals surface area contributed by atoms with E-state index in [0.29, 0.717) is 38.9 Å². The zero-order chi connectivity index (χ0) is 22.9. The van der Waals surface area contributed by atoms with Crippen LogP contribution in [0.15, 0.2) is 30.3 Å². The number of anilines is 1. The Morgan fingerprint density at radius 3 is 2.25 bits per heavy atom. The number of hydrogen-bond acceptors (Lipinski definition) is 5. The number of nitrogens with one attached hydrogen (secondary N) is 1. The number of piperazine rings is 1. The van der Waals surface area contributed by atoms with Crippen molar-refractivity contribution in [3.8, 4) is 0 Å². The summed E-state index contributed by atoms with van der Waals surface area (Å²) in [4.78, 5) is 43.0. The van der Waals surface area contributed by atoms with Crippen molar-refractivity contribution in [2.45, 2.75) is 38.6 Å². The summed E-state index contributed by atoms with van der Waals surface area (Å²) < 4.78 is 0. The van der Waals surface area contributed by atoms with Crippen LogP contribution in [-0.4, -0.2) is 76.8 Å². The van der Waals surface area contributed by atoms with Crippen LogP contribution in [0.5, 0.6) is 0 Å². The molecule has 2 aliphatic heterocycles. The highest BCUT2D eigenvalue weighted by atomic mass is 16.5. The fourth-order valence-corrected chi connectivity index (χ4v) is 5.79. The standard InChI is InChI=1S/C23H32N4O5/c1-23(19-8-10-27(19)22(30)31)9-7-17(18(15-23)20(28)24-32)21(29)26-13-11-25(12-14-26)16-5-3-2-4-6-16/h2-6,17-19,32H,7-15H2,1H3,(H,24,28)(H,30,31)/t17-,18-,19?,23+/m0/s1. The molecule has 0 aromatic heterocycles. The van der Waals surface area contributed by atoms with Gasteiger partial charge in [-0.15, -0.1) is 0 Å². The van der Waals surface area contributed by atoms with Crippen LogP contribution in [0.1, 0.15) is 32.6 Å². The van der Waals surface area contributed by atoms with Crippen LogP contribution < -0.4 is 10.4 Å². The largest absolute Gasteiger partial charge is 0.465 e. The molecule has 174 valence electrons. The van der Waals surface area contributed by atoms with E-state index < -0.39 is 29.3 Å². The third-order valence-corrected chi connectivity index (χ3v) is 7.75. The van der Waals surface area contributed by atoms with E-state index in [0.717, 1.165) is 25.2 Å². The molecule has 1 saturated carbocycles. The van der Waals surface area contributed by atoms with Crippen molar-refractivity contribution in [1.82, 2.24) is 15.3 Å². The van der Waals surface area contributed by atoms with Crippen LogP contribution in [0.3, 0.4) is 0 Å². The highest BCUT2D eigenvalue weighted by Crippen LogP contribution is 2.49. The Labute approximate surface area is 187 Å². The van der Waals surface area contributed by atoms with Gasteiger partial charge in [0.1, 0.15) is 0 Å². The Morgan fingerprint density at radius 2 is 1.69 bits per heavy atom. The predicted molar refractivity (Wildman–Crippen MR) is 117 cm³/mol. The summed E-state index contributed by atoms with van der Waals surface area (Å²) in [6, 6.07) is 9.93. The third kappa shape index (κ3) is 4.13. The van der Waals surface area contributed by atoms with Crippen molar-refractivity contribution in [3.63, 3.8) is 0 Å². The van der Waals surface area contributed by atoms with Gasteiger partial charge in [0.2, 0.25) is 11.8 Å². The summed E-state index contributed by atoms with van der Waals surface area (Å²) in [5.41, 5.74) is 2.49. The van der Waals surface area contributed by atoms with Gasteiger partial charge in [-0.1, -0.05) is 25.1 Å². The van der Waals surface area contributed by atoms with Crippen LogP contribution in [0, 0.1) is 17.3 Å². The van der Waals surface area contributed by atoms with Crippen molar-refractivity contribution >= 4 is 23.6 Å². The van der Waals surface area contributed by atoms with Crippen LogP contribution in [-0.2, 0) is 9.59 Å². The molecule has 3 aliphatic rings. The molecule has 0 radical (unpaired) electrons. The molecule has 32 heavy (non-hydrogen) atoms. The second-order valence-corrected chi connectivity index (χ2v) is 9.51. The first-order valence-corrected chi connectivity index (χ1v) is 11.4. The van der Waals surface area contributed by atoms with Gasteiger partial charge >= 0.3 is 6.09 Å². The minimum absolute atomic E-state index is 0.0444. The maximum atomic E-state index is 13.4. The molecule has 0 spiro atoms. The Bertz CT molecular complexity index is 857. The van der Waals surface area contributed by atoms with Crippen LogP contribution >= 0.6 is 0 Å². The third-order valence-electron chi connectivity index (χ3n) is 7.75. The van der Waals surface area contributed by atoms with Gasteiger partial charge in [0.15, 0.2) is 0 Å². The average molecular weight is 445 g/mol. The van der Waals surface area contributed by atoms with Gasteiger partial charge in [0.25, 0.3) is 0 Å². The summed E-state index contributed by atoms with van der Waals surface area (Å²) in [6.45, 7) is 5.14. The molecule has 3 N–H and O–H groups in total. The van der Waals surface area contributed by atoms with Crippen LogP contribution in [0.25, 0.3) is 0 Å². The predicted octanol–water partition coefficient (Wildman–Crippen LogP) is 2.02. The van der Waals surface area contributed by atoms with E-state index in [1.807, 2.05) is 30.0 Å². The molecule has 9 nitrogen and oxygen atoms in total. The Kier molecular flexibility index (Phi) is 6.28. The van der Waals surface area contributed by atoms with E-state index in [4.69, 9.17) is 0 Å². The Morgan fingerprint density at radius 1 is 1.00 bits per heavy atom. The lowest BCUT2D eigenvalue weighted by Gasteiger charge is -2.53. The molecule has 4 atom stereocenters. The molecular formula is C23H32N4O5. The highest BCUT2D eigenvalue weighted by Gasteiger charge is 2.52. The zero-order valence-electron chi connectivity index (χ0n) is 18.4. The van der Waals surface area contributed by atoms with Gasteiger partial charge in [-0.2, -0.15) is 0 Å². The molecule has 3 amide bonds. The molecule has 9 heteroatoms. The lowest BCUT2D eigenvalue weighted by atomic mass is 9.60. The van der Waals surface area contributed by atoms with Crippen molar-refractivity contribution in [2.75, 3.05) is 37.6 Å². The van der Waals surface area contributed by atoms with Gasteiger partial charge < -0.3 is 19.8 Å². The molecule has 3 fully saturated rings. The first-order valence-electron chi connectivity index (χ1n) is 11.4. The molecule has 1 aromatic carbocycles. The smallest absolute Gasteiger partial charge is 0.407 e. The van der Waals surface area contributed by atoms with Crippen molar-refractivity contribution < 1.29 is 24.7 Å². The van der Waals surface area contributed by atoms with E-state index >= 15 is 0 Å². The minimum atomic E-state index is -0.944. The maximum absolute atomic E-state index is 13.4. The SMILES string of the molecule is C[C@@]1(C2CCN2C(=O)O)CC[C@H](C(=O)N2CCN(c3ccccc3)CC2)[C@@H](C(=O)NO)C1. The molecular weight excluding hydrogens is 412 g/mol. The lowest BCUT2D eigenvalue weighted by molar-refractivity contribution is -0.152.